The second-order valence-corrected chi connectivity index (χ2v) is 4.56. The summed E-state index contributed by atoms with van der Waals surface area (Å²) in [6, 6.07) is 8.49. The first-order chi connectivity index (χ1) is 8.34. The van der Waals surface area contributed by atoms with Crippen LogP contribution in [0, 0.1) is 0 Å². The molecule has 0 saturated carbocycles. The van der Waals surface area contributed by atoms with Crippen LogP contribution in [0.15, 0.2) is 24.3 Å². The molecule has 1 aromatic rings. The number of nitrogens with zero attached hydrogens (tertiary/aromatic N) is 1. The zero-order chi connectivity index (χ0) is 11.7. The summed E-state index contributed by atoms with van der Waals surface area (Å²) in [5.74, 6) is 0. The first kappa shape index (κ1) is 10.4. The molecule has 4 heteroatoms. The van der Waals surface area contributed by atoms with Crippen LogP contribution in [0.5, 0.6) is 0 Å². The van der Waals surface area contributed by atoms with E-state index in [1.807, 2.05) is 17.0 Å². The van der Waals surface area contributed by atoms with Gasteiger partial charge >= 0.3 is 6.09 Å². The highest BCUT2D eigenvalue weighted by Crippen LogP contribution is 2.24. The summed E-state index contributed by atoms with van der Waals surface area (Å²) in [6.07, 6.45) is 1.68. The SMILES string of the molecule is O=C1OCCCN1C1CNc2ccccc2C1. The lowest BCUT2D eigenvalue weighted by Crippen LogP contribution is -2.50. The average Bonchev–Trinajstić information content (AvgIpc) is 2.39. The van der Waals surface area contributed by atoms with E-state index in [4.69, 9.17) is 4.74 Å². The fourth-order valence-electron chi connectivity index (χ4n) is 2.55. The second kappa shape index (κ2) is 4.28. The third-order valence-corrected chi connectivity index (χ3v) is 3.45. The minimum absolute atomic E-state index is 0.164. The van der Waals surface area contributed by atoms with Gasteiger partial charge in [0, 0.05) is 18.8 Å². The van der Waals surface area contributed by atoms with Gasteiger partial charge in [0.2, 0.25) is 0 Å². The maximum absolute atomic E-state index is 11.7. The molecule has 1 unspecified atom stereocenters. The number of cyclic esters (lactones) is 1. The van der Waals surface area contributed by atoms with E-state index >= 15 is 0 Å². The van der Waals surface area contributed by atoms with E-state index in [1.54, 1.807) is 0 Å². The van der Waals surface area contributed by atoms with Crippen molar-refractivity contribution in [1.29, 1.82) is 0 Å². The molecule has 1 N–H and O–H groups in total. The fourth-order valence-corrected chi connectivity index (χ4v) is 2.55. The van der Waals surface area contributed by atoms with E-state index in [9.17, 15) is 4.79 Å². The van der Waals surface area contributed by atoms with E-state index in [-0.39, 0.29) is 12.1 Å². The maximum Gasteiger partial charge on any atom is 0.410 e. The Bertz CT molecular complexity index is 433. The average molecular weight is 232 g/mol. The third-order valence-electron chi connectivity index (χ3n) is 3.45. The molecule has 0 radical (unpaired) electrons. The molecule has 0 spiro atoms. The smallest absolute Gasteiger partial charge is 0.410 e. The lowest BCUT2D eigenvalue weighted by Gasteiger charge is -2.37. The number of para-hydroxylation sites is 1. The standard InChI is InChI=1S/C13H16N2O2/c16-13-15(6-3-7-17-13)11-8-10-4-1-2-5-12(10)14-9-11/h1-2,4-5,11,14H,3,6-9H2. The van der Waals surface area contributed by atoms with Crippen molar-refractivity contribution >= 4 is 11.8 Å². The number of ether oxygens (including phenoxy) is 1. The van der Waals surface area contributed by atoms with E-state index in [1.165, 1.54) is 11.3 Å². The number of carbonyl (C=O) groups is 1. The van der Waals surface area contributed by atoms with Crippen molar-refractivity contribution in [3.8, 4) is 0 Å². The van der Waals surface area contributed by atoms with E-state index < -0.39 is 0 Å². The Hall–Kier alpha value is -1.71. The minimum atomic E-state index is -0.164. The quantitative estimate of drug-likeness (QED) is 0.803. The Kier molecular flexibility index (Phi) is 2.63. The molecule has 2 aliphatic heterocycles. The highest BCUT2D eigenvalue weighted by atomic mass is 16.6. The number of hydrogen-bond acceptors (Lipinski definition) is 3. The van der Waals surface area contributed by atoms with Crippen molar-refractivity contribution in [2.75, 3.05) is 25.0 Å². The lowest BCUT2D eigenvalue weighted by molar-refractivity contribution is 0.0567. The van der Waals surface area contributed by atoms with Gasteiger partial charge in [0.15, 0.2) is 0 Å². The van der Waals surface area contributed by atoms with Crippen molar-refractivity contribution in [3.05, 3.63) is 29.8 Å². The predicted molar refractivity (Wildman–Crippen MR) is 65.1 cm³/mol. The Labute approximate surface area is 101 Å². The van der Waals surface area contributed by atoms with Crippen molar-refractivity contribution in [3.63, 3.8) is 0 Å². The van der Waals surface area contributed by atoms with Crippen molar-refractivity contribution in [2.24, 2.45) is 0 Å². The summed E-state index contributed by atoms with van der Waals surface area (Å²) in [5.41, 5.74) is 2.47. The summed E-state index contributed by atoms with van der Waals surface area (Å²) < 4.78 is 5.09. The zero-order valence-electron chi connectivity index (χ0n) is 9.69. The molecule has 1 saturated heterocycles. The number of benzene rings is 1. The Balaban J connectivity index is 1.77. The van der Waals surface area contributed by atoms with Gasteiger partial charge in [0.25, 0.3) is 0 Å². The summed E-state index contributed by atoms with van der Waals surface area (Å²) in [5, 5.41) is 3.38. The van der Waals surface area contributed by atoms with Crippen molar-refractivity contribution in [1.82, 2.24) is 4.90 Å². The first-order valence-electron chi connectivity index (χ1n) is 6.10. The van der Waals surface area contributed by atoms with Crippen molar-refractivity contribution in [2.45, 2.75) is 18.9 Å². The first-order valence-corrected chi connectivity index (χ1v) is 6.10. The molecule has 2 aliphatic rings. The largest absolute Gasteiger partial charge is 0.449 e. The van der Waals surface area contributed by atoms with Gasteiger partial charge in [-0.1, -0.05) is 18.2 Å². The Morgan fingerprint density at radius 3 is 3.12 bits per heavy atom. The summed E-state index contributed by atoms with van der Waals surface area (Å²) in [7, 11) is 0. The zero-order valence-corrected chi connectivity index (χ0v) is 9.69. The molecule has 90 valence electrons. The Morgan fingerprint density at radius 2 is 2.24 bits per heavy atom. The van der Waals surface area contributed by atoms with Gasteiger partial charge in [-0.3, -0.25) is 0 Å². The van der Waals surface area contributed by atoms with Crippen LogP contribution in [-0.2, 0) is 11.2 Å². The Morgan fingerprint density at radius 1 is 1.35 bits per heavy atom. The fraction of sp³-hybridized carbons (Fsp3) is 0.462. The summed E-state index contributed by atoms with van der Waals surface area (Å²) in [4.78, 5) is 13.5. The van der Waals surface area contributed by atoms with Crippen LogP contribution in [0.1, 0.15) is 12.0 Å². The van der Waals surface area contributed by atoms with Gasteiger partial charge in [-0.2, -0.15) is 0 Å². The molecular formula is C13H16N2O2. The van der Waals surface area contributed by atoms with Crippen LogP contribution in [0.2, 0.25) is 0 Å². The van der Waals surface area contributed by atoms with E-state index in [0.717, 1.165) is 25.9 Å². The molecule has 0 aromatic heterocycles. The van der Waals surface area contributed by atoms with Crippen LogP contribution in [-0.4, -0.2) is 36.7 Å². The van der Waals surface area contributed by atoms with E-state index in [0.29, 0.717) is 6.61 Å². The number of anilines is 1. The monoisotopic (exact) mass is 232 g/mol. The van der Waals surface area contributed by atoms with Crippen LogP contribution < -0.4 is 5.32 Å². The van der Waals surface area contributed by atoms with Gasteiger partial charge in [-0.05, 0) is 24.5 Å². The number of fused-ring (bicyclic) bond motifs is 1. The maximum atomic E-state index is 11.7. The number of rotatable bonds is 1. The van der Waals surface area contributed by atoms with Crippen molar-refractivity contribution < 1.29 is 9.53 Å². The van der Waals surface area contributed by atoms with Gasteiger partial charge in [0.1, 0.15) is 0 Å². The van der Waals surface area contributed by atoms with Gasteiger partial charge in [-0.25, -0.2) is 4.79 Å². The minimum Gasteiger partial charge on any atom is -0.449 e. The van der Waals surface area contributed by atoms with Crippen LogP contribution in [0.4, 0.5) is 10.5 Å². The highest BCUT2D eigenvalue weighted by molar-refractivity contribution is 5.69. The predicted octanol–water partition coefficient (Wildman–Crippen LogP) is 1.87. The molecule has 1 aromatic carbocycles. The molecule has 1 fully saturated rings. The molecule has 0 aliphatic carbocycles. The van der Waals surface area contributed by atoms with E-state index in [2.05, 4.69) is 17.4 Å². The normalized spacial score (nSPS) is 23.6. The molecule has 1 amide bonds. The highest BCUT2D eigenvalue weighted by Gasteiger charge is 2.30. The molecule has 3 rings (SSSR count). The summed E-state index contributed by atoms with van der Waals surface area (Å²) >= 11 is 0. The van der Waals surface area contributed by atoms with Gasteiger partial charge in [0.05, 0.1) is 12.6 Å². The summed E-state index contributed by atoms with van der Waals surface area (Å²) in [6.45, 7) is 2.19. The number of hydrogen-bond donors (Lipinski definition) is 1. The van der Waals surface area contributed by atoms with Crippen LogP contribution in [0.3, 0.4) is 0 Å². The lowest BCUT2D eigenvalue weighted by atomic mass is 9.98. The molecule has 17 heavy (non-hydrogen) atoms. The van der Waals surface area contributed by atoms with Gasteiger partial charge < -0.3 is 15.0 Å². The number of carbonyl (C=O) groups excluding carboxylic acids is 1. The third kappa shape index (κ3) is 1.95. The van der Waals surface area contributed by atoms with Crippen LogP contribution in [0.25, 0.3) is 0 Å². The van der Waals surface area contributed by atoms with Crippen LogP contribution >= 0.6 is 0 Å². The molecule has 1 atom stereocenters. The molecule has 0 bridgehead atoms. The molecule has 2 heterocycles. The number of amides is 1. The second-order valence-electron chi connectivity index (χ2n) is 4.56. The number of nitrogens with one attached hydrogen (secondary N) is 1. The molecular weight excluding hydrogens is 216 g/mol. The van der Waals surface area contributed by atoms with Gasteiger partial charge in [-0.15, -0.1) is 0 Å². The topological polar surface area (TPSA) is 41.6 Å². The molecule has 4 nitrogen and oxygen atoms in total.